The lowest BCUT2D eigenvalue weighted by atomic mass is 10.1. The fourth-order valence-electron chi connectivity index (χ4n) is 1.78. The molecule has 0 saturated carbocycles. The van der Waals surface area contributed by atoms with Gasteiger partial charge in [-0.25, -0.2) is 0 Å². The molecule has 1 aromatic carbocycles. The molecule has 0 radical (unpaired) electrons. The van der Waals surface area contributed by atoms with Crippen molar-refractivity contribution in [2.75, 3.05) is 12.9 Å². The van der Waals surface area contributed by atoms with Crippen LogP contribution in [0, 0.1) is 5.92 Å². The summed E-state index contributed by atoms with van der Waals surface area (Å²) >= 11 is 1.96. The second kappa shape index (κ2) is 7.70. The van der Waals surface area contributed by atoms with Crippen molar-refractivity contribution in [3.8, 4) is 5.75 Å². The molecule has 0 aliphatic rings. The maximum atomic E-state index is 6.10. The van der Waals surface area contributed by atoms with Gasteiger partial charge in [-0.15, -0.1) is 0 Å². The van der Waals surface area contributed by atoms with E-state index < -0.39 is 0 Å². The fraction of sp³-hybridized carbons (Fsp3) is 0.600. The molecule has 0 bridgehead atoms. The Labute approximate surface area is 115 Å². The number of nitrogens with two attached hydrogens (primary N) is 1. The molecule has 2 unspecified atom stereocenters. The van der Waals surface area contributed by atoms with Crippen LogP contribution < -0.4 is 10.5 Å². The number of methoxy groups -OCH3 is 1. The van der Waals surface area contributed by atoms with Gasteiger partial charge in [-0.2, -0.15) is 11.8 Å². The predicted octanol–water partition coefficient (Wildman–Crippen LogP) is 3.86. The largest absolute Gasteiger partial charge is 0.497 e. The van der Waals surface area contributed by atoms with Crippen LogP contribution in [0.25, 0.3) is 0 Å². The third kappa shape index (κ3) is 4.91. The lowest BCUT2D eigenvalue weighted by Crippen LogP contribution is -2.23. The van der Waals surface area contributed by atoms with E-state index in [4.69, 9.17) is 10.5 Å². The minimum atomic E-state index is 0.163. The molecular weight excluding hydrogens is 242 g/mol. The van der Waals surface area contributed by atoms with E-state index >= 15 is 0 Å². The molecule has 0 fully saturated rings. The monoisotopic (exact) mass is 267 g/mol. The first-order valence-corrected chi connectivity index (χ1v) is 7.60. The minimum Gasteiger partial charge on any atom is -0.497 e. The van der Waals surface area contributed by atoms with Crippen LogP contribution in [-0.4, -0.2) is 18.9 Å². The van der Waals surface area contributed by atoms with E-state index in [9.17, 15) is 0 Å². The van der Waals surface area contributed by atoms with Crippen molar-refractivity contribution in [1.82, 2.24) is 0 Å². The Morgan fingerprint density at radius 1 is 1.17 bits per heavy atom. The normalized spacial score (nSPS) is 14.6. The molecule has 0 spiro atoms. The summed E-state index contributed by atoms with van der Waals surface area (Å²) in [6.45, 7) is 6.60. The Balaban J connectivity index is 2.65. The van der Waals surface area contributed by atoms with Crippen LogP contribution in [0.5, 0.6) is 5.75 Å². The molecule has 0 saturated heterocycles. The van der Waals surface area contributed by atoms with Crippen molar-refractivity contribution in [3.63, 3.8) is 0 Å². The van der Waals surface area contributed by atoms with Gasteiger partial charge in [0.15, 0.2) is 0 Å². The number of hydrogen-bond acceptors (Lipinski definition) is 3. The van der Waals surface area contributed by atoms with Gasteiger partial charge in [-0.1, -0.05) is 26.0 Å². The third-order valence-corrected chi connectivity index (χ3v) is 4.45. The zero-order valence-electron chi connectivity index (χ0n) is 11.8. The Bertz CT molecular complexity index is 335. The third-order valence-electron chi connectivity index (χ3n) is 2.91. The quantitative estimate of drug-likeness (QED) is 0.814. The van der Waals surface area contributed by atoms with Crippen molar-refractivity contribution in [2.24, 2.45) is 11.7 Å². The summed E-state index contributed by atoms with van der Waals surface area (Å²) in [5.74, 6) is 2.81. The first-order valence-electron chi connectivity index (χ1n) is 6.55. The number of ether oxygens (including phenoxy) is 1. The number of benzene rings is 1. The van der Waals surface area contributed by atoms with Crippen LogP contribution in [0.4, 0.5) is 0 Å². The summed E-state index contributed by atoms with van der Waals surface area (Å²) in [6, 6.07) is 8.42. The molecule has 2 N–H and O–H groups in total. The van der Waals surface area contributed by atoms with Crippen LogP contribution in [-0.2, 0) is 0 Å². The van der Waals surface area contributed by atoms with Crippen molar-refractivity contribution in [1.29, 1.82) is 0 Å². The molecular formula is C15H25NOS. The molecule has 2 nitrogen and oxygen atoms in total. The van der Waals surface area contributed by atoms with E-state index in [0.29, 0.717) is 5.25 Å². The average Bonchev–Trinajstić information content (AvgIpc) is 2.34. The highest BCUT2D eigenvalue weighted by molar-refractivity contribution is 7.99. The highest BCUT2D eigenvalue weighted by Gasteiger charge is 2.16. The Morgan fingerprint density at radius 2 is 1.78 bits per heavy atom. The van der Waals surface area contributed by atoms with Crippen LogP contribution >= 0.6 is 11.8 Å². The van der Waals surface area contributed by atoms with Crippen molar-refractivity contribution in [3.05, 3.63) is 29.8 Å². The van der Waals surface area contributed by atoms with E-state index in [0.717, 1.165) is 17.4 Å². The molecule has 102 valence electrons. The smallest absolute Gasteiger partial charge is 0.118 e. The Kier molecular flexibility index (Phi) is 6.58. The van der Waals surface area contributed by atoms with Crippen LogP contribution in [0.15, 0.2) is 24.3 Å². The summed E-state index contributed by atoms with van der Waals surface area (Å²) < 4.78 is 5.18. The van der Waals surface area contributed by atoms with Crippen LogP contribution in [0.1, 0.15) is 38.0 Å². The van der Waals surface area contributed by atoms with Gasteiger partial charge in [0.05, 0.1) is 7.11 Å². The highest BCUT2D eigenvalue weighted by atomic mass is 32.2. The van der Waals surface area contributed by atoms with E-state index in [1.807, 2.05) is 23.9 Å². The van der Waals surface area contributed by atoms with E-state index in [2.05, 4.69) is 32.9 Å². The number of thioether (sulfide) groups is 1. The van der Waals surface area contributed by atoms with Gasteiger partial charge < -0.3 is 10.5 Å². The van der Waals surface area contributed by atoms with Crippen LogP contribution in [0.2, 0.25) is 0 Å². The minimum absolute atomic E-state index is 0.163. The molecule has 18 heavy (non-hydrogen) atoms. The summed E-state index contributed by atoms with van der Waals surface area (Å²) in [4.78, 5) is 0. The van der Waals surface area contributed by atoms with Gasteiger partial charge in [0.1, 0.15) is 5.75 Å². The number of hydrogen-bond donors (Lipinski definition) is 1. The molecule has 0 aliphatic carbocycles. The van der Waals surface area contributed by atoms with Crippen molar-refractivity contribution < 1.29 is 4.74 Å². The number of rotatable bonds is 7. The zero-order valence-corrected chi connectivity index (χ0v) is 12.7. The lowest BCUT2D eigenvalue weighted by molar-refractivity contribution is 0.414. The van der Waals surface area contributed by atoms with Gasteiger partial charge in [0.2, 0.25) is 0 Å². The molecule has 0 aliphatic heterocycles. The van der Waals surface area contributed by atoms with E-state index in [-0.39, 0.29) is 6.04 Å². The summed E-state index contributed by atoms with van der Waals surface area (Å²) in [6.07, 6.45) is 1.24. The van der Waals surface area contributed by atoms with E-state index in [1.54, 1.807) is 7.11 Å². The Hall–Kier alpha value is -0.670. The zero-order chi connectivity index (χ0) is 13.5. The topological polar surface area (TPSA) is 35.2 Å². The standard InChI is InChI=1S/C15H25NOS/c1-11(2)9-10-18-15(12(3)16)13-5-7-14(17-4)8-6-13/h5-8,11-12,15H,9-10,16H2,1-4H3. The fourth-order valence-corrected chi connectivity index (χ4v) is 3.29. The van der Waals surface area contributed by atoms with Gasteiger partial charge in [0, 0.05) is 11.3 Å². The maximum Gasteiger partial charge on any atom is 0.118 e. The Morgan fingerprint density at radius 3 is 2.22 bits per heavy atom. The SMILES string of the molecule is COc1ccc(C(SCCC(C)C)C(C)N)cc1. The molecule has 3 heteroatoms. The molecule has 0 aromatic heterocycles. The highest BCUT2D eigenvalue weighted by Crippen LogP contribution is 2.33. The van der Waals surface area contributed by atoms with Gasteiger partial charge in [-0.3, -0.25) is 0 Å². The average molecular weight is 267 g/mol. The predicted molar refractivity (Wildman–Crippen MR) is 81.3 cm³/mol. The second-order valence-electron chi connectivity index (χ2n) is 5.11. The molecule has 0 amide bonds. The maximum absolute atomic E-state index is 6.10. The van der Waals surface area contributed by atoms with Gasteiger partial charge in [-0.05, 0) is 42.7 Å². The second-order valence-corrected chi connectivity index (χ2v) is 6.36. The van der Waals surface area contributed by atoms with Gasteiger partial charge >= 0.3 is 0 Å². The lowest BCUT2D eigenvalue weighted by Gasteiger charge is -2.21. The first-order chi connectivity index (χ1) is 8.54. The first kappa shape index (κ1) is 15.4. The summed E-state index contributed by atoms with van der Waals surface area (Å²) in [5, 5.41) is 0.370. The van der Waals surface area contributed by atoms with Gasteiger partial charge in [0.25, 0.3) is 0 Å². The molecule has 1 aromatic rings. The molecule has 1 rings (SSSR count). The molecule has 2 atom stereocenters. The van der Waals surface area contributed by atoms with E-state index in [1.165, 1.54) is 12.0 Å². The molecule has 0 heterocycles. The van der Waals surface area contributed by atoms with Crippen molar-refractivity contribution >= 4 is 11.8 Å². The van der Waals surface area contributed by atoms with Crippen molar-refractivity contribution in [2.45, 2.75) is 38.5 Å². The van der Waals surface area contributed by atoms with Crippen LogP contribution in [0.3, 0.4) is 0 Å². The summed E-state index contributed by atoms with van der Waals surface area (Å²) in [7, 11) is 1.69. The summed E-state index contributed by atoms with van der Waals surface area (Å²) in [5.41, 5.74) is 7.40.